The molecule has 6 heteroatoms. The third kappa shape index (κ3) is 3.79. The van der Waals surface area contributed by atoms with Gasteiger partial charge in [-0.15, -0.1) is 0 Å². The number of amides is 2. The fourth-order valence-corrected chi connectivity index (χ4v) is 3.15. The van der Waals surface area contributed by atoms with E-state index in [0.717, 1.165) is 22.1 Å². The number of fused-ring (bicyclic) bond motifs is 1. The van der Waals surface area contributed by atoms with E-state index in [4.69, 9.17) is 4.74 Å². The van der Waals surface area contributed by atoms with Crippen LogP contribution in [-0.2, 0) is 9.53 Å². The second kappa shape index (κ2) is 7.61. The van der Waals surface area contributed by atoms with Gasteiger partial charge in [0.05, 0.1) is 11.6 Å². The van der Waals surface area contributed by atoms with E-state index >= 15 is 0 Å². The Kier molecular flexibility index (Phi) is 5.28. The third-order valence-corrected chi connectivity index (χ3v) is 4.69. The zero-order valence-corrected chi connectivity index (χ0v) is 15.0. The summed E-state index contributed by atoms with van der Waals surface area (Å²) in [7, 11) is 0. The number of rotatable bonds is 5. The van der Waals surface area contributed by atoms with Crippen LogP contribution < -0.4 is 10.6 Å². The average Bonchev–Trinajstić information content (AvgIpc) is 2.60. The summed E-state index contributed by atoms with van der Waals surface area (Å²) in [4.78, 5) is 24.5. The largest absolute Gasteiger partial charge is 0.461 e. The van der Waals surface area contributed by atoms with Crippen LogP contribution in [-0.4, -0.2) is 30.6 Å². The van der Waals surface area contributed by atoms with E-state index in [1.165, 1.54) is 0 Å². The van der Waals surface area contributed by atoms with E-state index in [9.17, 15) is 9.59 Å². The molecule has 0 spiro atoms. The first-order valence-corrected chi connectivity index (χ1v) is 9.42. The van der Waals surface area contributed by atoms with Gasteiger partial charge in [0, 0.05) is 11.4 Å². The van der Waals surface area contributed by atoms with Crippen LogP contribution in [0.3, 0.4) is 0 Å². The molecule has 0 saturated carbocycles. The van der Waals surface area contributed by atoms with Gasteiger partial charge in [0.15, 0.2) is 0 Å². The number of thioether (sulfide) groups is 1. The average molecular weight is 356 g/mol. The molecule has 0 saturated heterocycles. The Bertz CT molecular complexity index is 847. The minimum atomic E-state index is -0.528. The number of benzene rings is 2. The van der Waals surface area contributed by atoms with Crippen molar-refractivity contribution in [1.29, 1.82) is 0 Å². The standard InChI is InChI=1S/C19H20N2O3S/c1-12-16(18(22)24-9-10-25-2)17(21-19(23)20-12)15-8-7-13-5-3-4-6-14(13)11-15/h3-8,11,17H,9-10H2,1-2H3,(H2,20,21,23). The second-order valence-corrected chi connectivity index (χ2v) is 6.79. The topological polar surface area (TPSA) is 67.4 Å². The first-order chi connectivity index (χ1) is 12.1. The third-order valence-electron chi connectivity index (χ3n) is 4.12. The van der Waals surface area contributed by atoms with E-state index < -0.39 is 12.0 Å². The van der Waals surface area contributed by atoms with Gasteiger partial charge >= 0.3 is 12.0 Å². The molecule has 0 aromatic heterocycles. The molecule has 0 bridgehead atoms. The lowest BCUT2D eigenvalue weighted by Crippen LogP contribution is -2.45. The second-order valence-electron chi connectivity index (χ2n) is 5.81. The molecule has 0 radical (unpaired) electrons. The summed E-state index contributed by atoms with van der Waals surface area (Å²) in [5, 5.41) is 7.66. The van der Waals surface area contributed by atoms with Crippen molar-refractivity contribution in [2.75, 3.05) is 18.6 Å². The molecule has 25 heavy (non-hydrogen) atoms. The van der Waals surface area contributed by atoms with Crippen molar-refractivity contribution >= 4 is 34.5 Å². The quantitative estimate of drug-likeness (QED) is 0.637. The Labute approximate surface area is 150 Å². The monoisotopic (exact) mass is 356 g/mol. The van der Waals surface area contributed by atoms with Gasteiger partial charge in [-0.3, -0.25) is 0 Å². The normalized spacial score (nSPS) is 17.2. The smallest absolute Gasteiger partial charge is 0.338 e. The molecule has 0 aliphatic carbocycles. The maximum atomic E-state index is 12.6. The number of esters is 1. The molecular formula is C19H20N2O3S. The number of allylic oxidation sites excluding steroid dienone is 1. The summed E-state index contributed by atoms with van der Waals surface area (Å²) in [6, 6.07) is 13.0. The number of carbonyl (C=O) groups is 2. The van der Waals surface area contributed by atoms with Gasteiger partial charge in [0.1, 0.15) is 6.61 Å². The summed E-state index contributed by atoms with van der Waals surface area (Å²) < 4.78 is 5.36. The maximum Gasteiger partial charge on any atom is 0.338 e. The predicted molar refractivity (Wildman–Crippen MR) is 100 cm³/mol. The molecule has 0 fully saturated rings. The highest BCUT2D eigenvalue weighted by atomic mass is 32.2. The molecule has 3 rings (SSSR count). The minimum Gasteiger partial charge on any atom is -0.461 e. The Morgan fingerprint density at radius 3 is 2.72 bits per heavy atom. The molecule has 2 amide bonds. The van der Waals surface area contributed by atoms with E-state index in [1.807, 2.05) is 48.7 Å². The number of nitrogens with one attached hydrogen (secondary N) is 2. The fraction of sp³-hybridized carbons (Fsp3) is 0.263. The maximum absolute atomic E-state index is 12.6. The van der Waals surface area contributed by atoms with E-state index in [1.54, 1.807) is 18.7 Å². The fourth-order valence-electron chi connectivity index (χ4n) is 2.90. The van der Waals surface area contributed by atoms with E-state index in [2.05, 4.69) is 10.6 Å². The number of hydrogen-bond acceptors (Lipinski definition) is 4. The summed E-state index contributed by atoms with van der Waals surface area (Å²) in [6.07, 6.45) is 1.96. The van der Waals surface area contributed by atoms with Gasteiger partial charge in [0.2, 0.25) is 0 Å². The minimum absolute atomic E-state index is 0.323. The molecule has 2 aromatic carbocycles. The summed E-state index contributed by atoms with van der Waals surface area (Å²) >= 11 is 1.61. The van der Waals surface area contributed by atoms with Gasteiger partial charge in [-0.1, -0.05) is 36.4 Å². The van der Waals surface area contributed by atoms with Crippen LogP contribution in [0, 0.1) is 0 Å². The first kappa shape index (κ1) is 17.4. The van der Waals surface area contributed by atoms with E-state index in [0.29, 0.717) is 17.9 Å². The van der Waals surface area contributed by atoms with Crippen LogP contribution in [0.1, 0.15) is 18.5 Å². The molecule has 1 atom stereocenters. The van der Waals surface area contributed by atoms with Crippen molar-refractivity contribution in [3.8, 4) is 0 Å². The molecule has 130 valence electrons. The molecule has 2 N–H and O–H groups in total. The van der Waals surface area contributed by atoms with Crippen molar-refractivity contribution < 1.29 is 14.3 Å². The lowest BCUT2D eigenvalue weighted by molar-refractivity contribution is -0.138. The molecule has 1 aliphatic heterocycles. The molecule has 1 heterocycles. The zero-order chi connectivity index (χ0) is 17.8. The summed E-state index contributed by atoms with van der Waals surface area (Å²) in [6.45, 7) is 2.06. The zero-order valence-electron chi connectivity index (χ0n) is 14.2. The van der Waals surface area contributed by atoms with Crippen LogP contribution in [0.5, 0.6) is 0 Å². The summed E-state index contributed by atoms with van der Waals surface area (Å²) in [5.41, 5.74) is 1.82. The highest BCUT2D eigenvalue weighted by Gasteiger charge is 2.32. The Morgan fingerprint density at radius 1 is 1.20 bits per heavy atom. The number of urea groups is 1. The van der Waals surface area contributed by atoms with Gasteiger partial charge < -0.3 is 15.4 Å². The predicted octanol–water partition coefficient (Wildman–Crippen LogP) is 3.37. The van der Waals surface area contributed by atoms with Crippen LogP contribution >= 0.6 is 11.8 Å². The van der Waals surface area contributed by atoms with Crippen molar-refractivity contribution in [3.05, 3.63) is 59.3 Å². The van der Waals surface area contributed by atoms with Crippen LogP contribution in [0.4, 0.5) is 4.79 Å². The Hall–Kier alpha value is -2.47. The molecule has 1 unspecified atom stereocenters. The van der Waals surface area contributed by atoms with Crippen LogP contribution in [0.15, 0.2) is 53.7 Å². The van der Waals surface area contributed by atoms with Crippen LogP contribution in [0.2, 0.25) is 0 Å². The van der Waals surface area contributed by atoms with Crippen molar-refractivity contribution in [3.63, 3.8) is 0 Å². The SMILES string of the molecule is CSCCOC(=O)C1=C(C)NC(=O)NC1c1ccc2ccccc2c1. The summed E-state index contributed by atoms with van der Waals surface area (Å²) in [5.74, 6) is 0.329. The first-order valence-electron chi connectivity index (χ1n) is 8.03. The Balaban J connectivity index is 1.96. The lowest BCUT2D eigenvalue weighted by Gasteiger charge is -2.28. The molecule has 5 nitrogen and oxygen atoms in total. The highest BCUT2D eigenvalue weighted by molar-refractivity contribution is 7.98. The number of hydrogen-bond donors (Lipinski definition) is 2. The molecule has 1 aliphatic rings. The number of carbonyl (C=O) groups excluding carboxylic acids is 2. The highest BCUT2D eigenvalue weighted by Crippen LogP contribution is 2.29. The molecule has 2 aromatic rings. The Morgan fingerprint density at radius 2 is 1.96 bits per heavy atom. The van der Waals surface area contributed by atoms with Gasteiger partial charge in [-0.25, -0.2) is 9.59 Å². The van der Waals surface area contributed by atoms with Crippen molar-refractivity contribution in [2.45, 2.75) is 13.0 Å². The van der Waals surface area contributed by atoms with Gasteiger partial charge in [0.25, 0.3) is 0 Å². The van der Waals surface area contributed by atoms with Crippen molar-refractivity contribution in [2.24, 2.45) is 0 Å². The van der Waals surface area contributed by atoms with Crippen molar-refractivity contribution in [1.82, 2.24) is 10.6 Å². The lowest BCUT2D eigenvalue weighted by atomic mass is 9.94. The van der Waals surface area contributed by atoms with Gasteiger partial charge in [-0.05, 0) is 35.6 Å². The van der Waals surface area contributed by atoms with Crippen LogP contribution in [0.25, 0.3) is 10.8 Å². The molecular weight excluding hydrogens is 336 g/mol. The van der Waals surface area contributed by atoms with Gasteiger partial charge in [-0.2, -0.15) is 11.8 Å². The van der Waals surface area contributed by atoms with E-state index in [-0.39, 0.29) is 6.03 Å². The number of ether oxygens (including phenoxy) is 1.